The summed E-state index contributed by atoms with van der Waals surface area (Å²) < 4.78 is 0. The monoisotopic (exact) mass is 338 g/mol. The van der Waals surface area contributed by atoms with Crippen molar-refractivity contribution in [3.8, 4) is 0 Å². The fourth-order valence-electron chi connectivity index (χ4n) is 1.88. The van der Waals surface area contributed by atoms with Gasteiger partial charge in [0, 0.05) is 10.7 Å². The highest BCUT2D eigenvalue weighted by molar-refractivity contribution is 7.13. The number of anilines is 1. The van der Waals surface area contributed by atoms with Crippen LogP contribution in [0.2, 0.25) is 5.02 Å². The number of carbonyl (C=O) groups is 2. The van der Waals surface area contributed by atoms with Gasteiger partial charge in [0.2, 0.25) is 5.91 Å². The molecular formula is C15H15ClN2O3S. The molecule has 1 atom stereocenters. The number of aromatic carboxylic acids is 1. The summed E-state index contributed by atoms with van der Waals surface area (Å²) in [6.07, 6.45) is 0. The minimum Gasteiger partial charge on any atom is -0.477 e. The van der Waals surface area contributed by atoms with E-state index in [9.17, 15) is 9.59 Å². The Bertz CT molecular complexity index is 742. The number of rotatable bonds is 4. The quantitative estimate of drug-likeness (QED) is 0.887. The van der Waals surface area contributed by atoms with Crippen LogP contribution in [-0.4, -0.2) is 22.0 Å². The molecule has 7 heteroatoms. The van der Waals surface area contributed by atoms with Crippen LogP contribution in [0.15, 0.2) is 18.2 Å². The van der Waals surface area contributed by atoms with Crippen molar-refractivity contribution in [1.29, 1.82) is 0 Å². The number of aromatic nitrogens is 1. The van der Waals surface area contributed by atoms with Crippen molar-refractivity contribution in [2.75, 3.05) is 5.32 Å². The number of benzene rings is 1. The van der Waals surface area contributed by atoms with Gasteiger partial charge >= 0.3 is 5.97 Å². The minimum absolute atomic E-state index is 0.161. The number of hydrogen-bond donors (Lipinski definition) is 2. The summed E-state index contributed by atoms with van der Waals surface area (Å²) in [5.74, 6) is -1.83. The number of aryl methyl sites for hydroxylation is 2. The molecule has 0 aliphatic heterocycles. The molecule has 1 aromatic carbocycles. The molecule has 0 fully saturated rings. The van der Waals surface area contributed by atoms with E-state index >= 15 is 0 Å². The molecular weight excluding hydrogens is 324 g/mol. The maximum absolute atomic E-state index is 12.3. The largest absolute Gasteiger partial charge is 0.477 e. The zero-order valence-electron chi connectivity index (χ0n) is 12.3. The van der Waals surface area contributed by atoms with Crippen molar-refractivity contribution in [2.45, 2.75) is 26.7 Å². The maximum atomic E-state index is 12.3. The highest BCUT2D eigenvalue weighted by Gasteiger charge is 2.23. The van der Waals surface area contributed by atoms with Gasteiger partial charge in [0.1, 0.15) is 9.88 Å². The lowest BCUT2D eigenvalue weighted by Gasteiger charge is -2.12. The van der Waals surface area contributed by atoms with Crippen LogP contribution in [0, 0.1) is 13.8 Å². The number of carboxylic acid groups (broad SMARTS) is 1. The predicted molar refractivity (Wildman–Crippen MR) is 87.0 cm³/mol. The van der Waals surface area contributed by atoms with Crippen LogP contribution in [0.5, 0.6) is 0 Å². The van der Waals surface area contributed by atoms with E-state index < -0.39 is 11.9 Å². The first-order valence-electron chi connectivity index (χ1n) is 6.57. The van der Waals surface area contributed by atoms with Crippen molar-refractivity contribution >= 4 is 40.5 Å². The van der Waals surface area contributed by atoms with Crippen LogP contribution in [0.25, 0.3) is 0 Å². The van der Waals surface area contributed by atoms with Gasteiger partial charge in [0.25, 0.3) is 0 Å². The van der Waals surface area contributed by atoms with Crippen LogP contribution < -0.4 is 5.32 Å². The van der Waals surface area contributed by atoms with E-state index in [1.165, 1.54) is 0 Å². The lowest BCUT2D eigenvalue weighted by Crippen LogP contribution is -2.19. The van der Waals surface area contributed by atoms with Crippen molar-refractivity contribution < 1.29 is 14.7 Å². The third-order valence-electron chi connectivity index (χ3n) is 3.23. The topological polar surface area (TPSA) is 79.3 Å². The van der Waals surface area contributed by atoms with E-state index in [1.807, 2.05) is 13.0 Å². The molecule has 2 aromatic rings. The Kier molecular flexibility index (Phi) is 4.83. The fraction of sp³-hybridized carbons (Fsp3) is 0.267. The van der Waals surface area contributed by atoms with E-state index in [1.54, 1.807) is 26.0 Å². The molecule has 0 spiro atoms. The maximum Gasteiger partial charge on any atom is 0.347 e. The van der Waals surface area contributed by atoms with Gasteiger partial charge in [0.15, 0.2) is 0 Å². The second-order valence-corrected chi connectivity index (χ2v) is 6.41. The molecule has 22 heavy (non-hydrogen) atoms. The van der Waals surface area contributed by atoms with Gasteiger partial charge in [-0.05, 0) is 38.5 Å². The third kappa shape index (κ3) is 3.45. The number of carbonyl (C=O) groups excluding carboxylic acids is 1. The molecule has 0 saturated carbocycles. The summed E-state index contributed by atoms with van der Waals surface area (Å²) in [5, 5.41) is 12.9. The SMILES string of the molecule is Cc1ccc(Cl)cc1NC(=O)[C@@H](C)c1nc(C)c(C(=O)O)s1. The predicted octanol–water partition coefficient (Wildman–Crippen LogP) is 3.85. The van der Waals surface area contributed by atoms with Crippen molar-refractivity contribution in [1.82, 2.24) is 4.98 Å². The molecule has 0 aliphatic carbocycles. The zero-order valence-corrected chi connectivity index (χ0v) is 13.9. The van der Waals surface area contributed by atoms with Gasteiger partial charge in [-0.15, -0.1) is 11.3 Å². The molecule has 1 aromatic heterocycles. The van der Waals surface area contributed by atoms with Gasteiger partial charge in [-0.1, -0.05) is 17.7 Å². The summed E-state index contributed by atoms with van der Waals surface area (Å²) in [6, 6.07) is 5.25. The van der Waals surface area contributed by atoms with E-state index in [0.717, 1.165) is 16.9 Å². The molecule has 1 amide bonds. The van der Waals surface area contributed by atoms with E-state index in [-0.39, 0.29) is 10.8 Å². The average Bonchev–Trinajstić information content (AvgIpc) is 2.84. The Labute approximate surface area is 137 Å². The Hall–Kier alpha value is -1.92. The molecule has 0 radical (unpaired) electrons. The van der Waals surface area contributed by atoms with Gasteiger partial charge < -0.3 is 10.4 Å². The fourth-order valence-corrected chi connectivity index (χ4v) is 3.01. The van der Waals surface area contributed by atoms with Crippen molar-refractivity contribution in [3.63, 3.8) is 0 Å². The van der Waals surface area contributed by atoms with Gasteiger partial charge in [-0.2, -0.15) is 0 Å². The Morgan fingerprint density at radius 2 is 2.05 bits per heavy atom. The molecule has 2 rings (SSSR count). The van der Waals surface area contributed by atoms with Crippen molar-refractivity contribution in [3.05, 3.63) is 44.4 Å². The molecule has 5 nitrogen and oxygen atoms in total. The van der Waals surface area contributed by atoms with Crippen LogP contribution in [0.3, 0.4) is 0 Å². The number of nitrogens with zero attached hydrogens (tertiary/aromatic N) is 1. The lowest BCUT2D eigenvalue weighted by molar-refractivity contribution is -0.117. The normalized spacial score (nSPS) is 12.0. The highest BCUT2D eigenvalue weighted by Crippen LogP contribution is 2.27. The number of amides is 1. The summed E-state index contributed by atoms with van der Waals surface area (Å²) >= 11 is 6.95. The minimum atomic E-state index is -1.03. The number of thiazole rings is 1. The summed E-state index contributed by atoms with van der Waals surface area (Å²) in [5.41, 5.74) is 1.95. The second kappa shape index (κ2) is 6.46. The first kappa shape index (κ1) is 16.5. The summed E-state index contributed by atoms with van der Waals surface area (Å²) in [4.78, 5) is 27.7. The molecule has 0 bridgehead atoms. The van der Waals surface area contributed by atoms with E-state index in [2.05, 4.69) is 10.3 Å². The first-order valence-corrected chi connectivity index (χ1v) is 7.76. The van der Waals surface area contributed by atoms with E-state index in [0.29, 0.717) is 21.4 Å². The number of carboxylic acids is 1. The van der Waals surface area contributed by atoms with Gasteiger partial charge in [0.05, 0.1) is 11.6 Å². The third-order valence-corrected chi connectivity index (χ3v) is 4.79. The average molecular weight is 339 g/mol. The number of halogens is 1. The van der Waals surface area contributed by atoms with Crippen molar-refractivity contribution in [2.24, 2.45) is 0 Å². The first-order chi connectivity index (χ1) is 10.3. The van der Waals surface area contributed by atoms with Crippen LogP contribution in [0.4, 0.5) is 5.69 Å². The Balaban J connectivity index is 2.20. The molecule has 2 N–H and O–H groups in total. The van der Waals surface area contributed by atoms with Gasteiger partial charge in [-0.3, -0.25) is 4.79 Å². The van der Waals surface area contributed by atoms with E-state index in [4.69, 9.17) is 16.7 Å². The highest BCUT2D eigenvalue weighted by atomic mass is 35.5. The summed E-state index contributed by atoms with van der Waals surface area (Å²) in [6.45, 7) is 5.18. The molecule has 0 saturated heterocycles. The molecule has 116 valence electrons. The Morgan fingerprint density at radius 3 is 2.64 bits per heavy atom. The van der Waals surface area contributed by atoms with Crippen LogP contribution in [-0.2, 0) is 4.79 Å². The lowest BCUT2D eigenvalue weighted by atomic mass is 10.1. The number of nitrogens with one attached hydrogen (secondary N) is 1. The molecule has 0 unspecified atom stereocenters. The molecule has 1 heterocycles. The number of hydrogen-bond acceptors (Lipinski definition) is 4. The summed E-state index contributed by atoms with van der Waals surface area (Å²) in [7, 11) is 0. The smallest absolute Gasteiger partial charge is 0.347 e. The molecule has 0 aliphatic rings. The zero-order chi connectivity index (χ0) is 16.4. The standard InChI is InChI=1S/C15H15ClN2O3S/c1-7-4-5-10(16)6-11(7)18-13(19)8(2)14-17-9(3)12(22-14)15(20)21/h4-6,8H,1-3H3,(H,18,19)(H,20,21)/t8-/m1/s1. The van der Waals surface area contributed by atoms with Crippen LogP contribution in [0.1, 0.15) is 38.8 Å². The van der Waals surface area contributed by atoms with Gasteiger partial charge in [-0.25, -0.2) is 9.78 Å². The second-order valence-electron chi connectivity index (χ2n) is 4.94. The Morgan fingerprint density at radius 1 is 1.36 bits per heavy atom. The van der Waals surface area contributed by atoms with Crippen LogP contribution >= 0.6 is 22.9 Å².